The van der Waals surface area contributed by atoms with E-state index in [1.807, 2.05) is 46.4 Å². The number of carbonyl (C=O) groups excluding carboxylic acids is 2. The van der Waals surface area contributed by atoms with Crippen molar-refractivity contribution < 1.29 is 28.9 Å². The second-order valence-electron chi connectivity index (χ2n) is 15.3. The summed E-state index contributed by atoms with van der Waals surface area (Å²) in [5.74, 6) is 0.685. The molecule has 44 heavy (non-hydrogen) atoms. The molecule has 5 heterocycles. The molecule has 10 nitrogen and oxygen atoms in total. The van der Waals surface area contributed by atoms with Crippen molar-refractivity contribution in [2.75, 3.05) is 65.5 Å². The van der Waals surface area contributed by atoms with Gasteiger partial charge in [0.15, 0.2) is 0 Å². The minimum Gasteiger partial charge on any atom is -0.444 e. The molecule has 0 aromatic rings. The first-order chi connectivity index (χ1) is 20.8. The van der Waals surface area contributed by atoms with Gasteiger partial charge in [0.05, 0.1) is 18.8 Å². The van der Waals surface area contributed by atoms with Crippen molar-refractivity contribution in [3.63, 3.8) is 0 Å². The molecule has 5 fully saturated rings. The van der Waals surface area contributed by atoms with Gasteiger partial charge in [-0.2, -0.15) is 0 Å². The number of aliphatic hydroxyl groups excluding tert-OH is 1. The van der Waals surface area contributed by atoms with Crippen molar-refractivity contribution in [3.8, 4) is 0 Å². The van der Waals surface area contributed by atoms with Crippen LogP contribution in [0.15, 0.2) is 0 Å². The molecular formula is C34H64N4O6. The molecule has 5 aliphatic heterocycles. The number of amides is 2. The van der Waals surface area contributed by atoms with Crippen molar-refractivity contribution in [1.82, 2.24) is 20.0 Å². The van der Waals surface area contributed by atoms with Gasteiger partial charge in [-0.05, 0) is 119 Å². The molecule has 0 bridgehead atoms. The summed E-state index contributed by atoms with van der Waals surface area (Å²) in [6.45, 7) is 20.6. The second-order valence-corrected chi connectivity index (χ2v) is 15.3. The zero-order valence-electron chi connectivity index (χ0n) is 28.8. The van der Waals surface area contributed by atoms with Gasteiger partial charge in [-0.25, -0.2) is 9.59 Å². The van der Waals surface area contributed by atoms with Crippen LogP contribution in [0.25, 0.3) is 0 Å². The highest BCUT2D eigenvalue weighted by Gasteiger charge is 2.37. The molecule has 0 radical (unpaired) electrons. The Kier molecular flexibility index (Phi) is 15.0. The van der Waals surface area contributed by atoms with Crippen LogP contribution in [0.4, 0.5) is 9.59 Å². The van der Waals surface area contributed by atoms with Crippen LogP contribution in [-0.4, -0.2) is 121 Å². The maximum absolute atomic E-state index is 12.2. The van der Waals surface area contributed by atoms with Crippen LogP contribution >= 0.6 is 0 Å². The van der Waals surface area contributed by atoms with Crippen LogP contribution in [0.2, 0.25) is 0 Å². The molecule has 4 unspecified atom stereocenters. The molecule has 0 aromatic carbocycles. The van der Waals surface area contributed by atoms with E-state index in [9.17, 15) is 14.7 Å². The van der Waals surface area contributed by atoms with E-state index >= 15 is 0 Å². The third-order valence-electron chi connectivity index (χ3n) is 8.75. The summed E-state index contributed by atoms with van der Waals surface area (Å²) in [6, 6.07) is 0. The predicted molar refractivity (Wildman–Crippen MR) is 174 cm³/mol. The monoisotopic (exact) mass is 624 g/mol. The van der Waals surface area contributed by atoms with E-state index in [0.717, 1.165) is 65.1 Å². The number of carbonyl (C=O) groups is 2. The normalized spacial score (nSPS) is 27.1. The van der Waals surface area contributed by atoms with Gasteiger partial charge >= 0.3 is 12.2 Å². The molecule has 0 aromatic heterocycles. The topological polar surface area (TPSA) is 107 Å². The van der Waals surface area contributed by atoms with E-state index in [2.05, 4.69) is 10.2 Å². The summed E-state index contributed by atoms with van der Waals surface area (Å²) >= 11 is 0. The highest BCUT2D eigenvalue weighted by molar-refractivity contribution is 5.68. The molecule has 0 saturated carbocycles. The lowest BCUT2D eigenvalue weighted by Gasteiger charge is -2.38. The van der Waals surface area contributed by atoms with Crippen molar-refractivity contribution in [1.29, 1.82) is 0 Å². The molecule has 5 rings (SSSR count). The molecule has 2 N–H and O–H groups in total. The molecule has 2 amide bonds. The van der Waals surface area contributed by atoms with Gasteiger partial charge < -0.3 is 39.3 Å². The Morgan fingerprint density at radius 2 is 1.30 bits per heavy atom. The molecular weight excluding hydrogens is 560 g/mol. The maximum Gasteiger partial charge on any atom is 0.410 e. The van der Waals surface area contributed by atoms with E-state index in [1.165, 1.54) is 58.0 Å². The standard InChI is InChI=1S/C17H32N2O3.C12H21NO3.C5H11N/c1-17(2,3)22-16(21)19-11-7-8-14(12-19)15(20)13-18-9-5-4-6-10-18;1-12(2,3)16-11(14)13-6-4-5-9(7-13)10-8-15-10;1-2-4-6-5-3-1/h14-15,20H,4-13H2,1-3H3;9-10H,4-8H2,1-3H3;6H,1-5H2. The molecule has 5 aliphatic rings. The van der Waals surface area contributed by atoms with Crippen molar-refractivity contribution in [2.45, 2.75) is 129 Å². The molecule has 0 aliphatic carbocycles. The largest absolute Gasteiger partial charge is 0.444 e. The van der Waals surface area contributed by atoms with Crippen LogP contribution in [0.1, 0.15) is 106 Å². The number of likely N-dealkylation sites (tertiary alicyclic amines) is 3. The highest BCUT2D eigenvalue weighted by atomic mass is 16.6. The smallest absolute Gasteiger partial charge is 0.410 e. The highest BCUT2D eigenvalue weighted by Crippen LogP contribution is 2.29. The average molecular weight is 625 g/mol. The number of β-amino-alcohol motifs (C(OH)–C–C–N with tert-alkyl or cyclic N) is 1. The first-order valence-corrected chi connectivity index (χ1v) is 17.5. The molecule has 5 saturated heterocycles. The minimum atomic E-state index is -0.462. The first-order valence-electron chi connectivity index (χ1n) is 17.5. The second kappa shape index (κ2) is 17.9. The summed E-state index contributed by atoms with van der Waals surface area (Å²) in [6.07, 6.45) is 11.8. The van der Waals surface area contributed by atoms with Gasteiger partial charge in [0.25, 0.3) is 0 Å². The number of epoxide rings is 1. The minimum absolute atomic E-state index is 0.170. The van der Waals surface area contributed by atoms with E-state index in [-0.39, 0.29) is 24.2 Å². The fourth-order valence-corrected chi connectivity index (χ4v) is 6.31. The quantitative estimate of drug-likeness (QED) is 0.408. The van der Waals surface area contributed by atoms with Crippen molar-refractivity contribution >= 4 is 12.2 Å². The molecule has 4 atom stereocenters. The Morgan fingerprint density at radius 1 is 0.773 bits per heavy atom. The number of nitrogens with one attached hydrogen (secondary N) is 1. The van der Waals surface area contributed by atoms with E-state index in [1.54, 1.807) is 4.90 Å². The zero-order valence-corrected chi connectivity index (χ0v) is 28.8. The summed E-state index contributed by atoms with van der Waals surface area (Å²) < 4.78 is 16.1. The van der Waals surface area contributed by atoms with Gasteiger partial charge in [0, 0.05) is 44.6 Å². The molecule has 10 heteroatoms. The van der Waals surface area contributed by atoms with Gasteiger partial charge in [-0.15, -0.1) is 0 Å². The number of hydrogen-bond acceptors (Lipinski definition) is 8. The summed E-state index contributed by atoms with van der Waals surface area (Å²) in [7, 11) is 0. The Balaban J connectivity index is 0.000000208. The van der Waals surface area contributed by atoms with Crippen LogP contribution in [0, 0.1) is 11.8 Å². The fourth-order valence-electron chi connectivity index (χ4n) is 6.31. The van der Waals surface area contributed by atoms with E-state index in [4.69, 9.17) is 14.2 Å². The number of nitrogens with zero attached hydrogens (tertiary/aromatic N) is 3. The van der Waals surface area contributed by atoms with Crippen molar-refractivity contribution in [2.24, 2.45) is 11.8 Å². The number of aliphatic hydroxyl groups is 1. The zero-order chi connectivity index (χ0) is 32.2. The number of hydrogen-bond donors (Lipinski definition) is 2. The van der Waals surface area contributed by atoms with Crippen molar-refractivity contribution in [3.05, 3.63) is 0 Å². The van der Waals surface area contributed by atoms with Gasteiger partial charge in [0.1, 0.15) is 11.2 Å². The van der Waals surface area contributed by atoms with Crippen LogP contribution in [0.3, 0.4) is 0 Å². The molecule has 0 spiro atoms. The fraction of sp³-hybridized carbons (Fsp3) is 0.941. The summed E-state index contributed by atoms with van der Waals surface area (Å²) in [4.78, 5) is 30.0. The van der Waals surface area contributed by atoms with Gasteiger partial charge in [-0.3, -0.25) is 0 Å². The van der Waals surface area contributed by atoms with E-state index in [0.29, 0.717) is 18.6 Å². The lowest BCUT2D eigenvalue weighted by atomic mass is 9.92. The van der Waals surface area contributed by atoms with Crippen LogP contribution < -0.4 is 5.32 Å². The number of rotatable bonds is 4. The van der Waals surface area contributed by atoms with Crippen LogP contribution in [0.5, 0.6) is 0 Å². The number of ether oxygens (including phenoxy) is 3. The third kappa shape index (κ3) is 14.6. The molecule has 256 valence electrons. The lowest BCUT2D eigenvalue weighted by molar-refractivity contribution is -0.00508. The average Bonchev–Trinajstić information content (AvgIpc) is 3.84. The summed E-state index contributed by atoms with van der Waals surface area (Å²) in [5.41, 5.74) is -0.865. The lowest BCUT2D eigenvalue weighted by Crippen LogP contribution is -2.48. The Bertz CT molecular complexity index is 834. The first kappa shape index (κ1) is 36.8. The van der Waals surface area contributed by atoms with Crippen LogP contribution in [-0.2, 0) is 14.2 Å². The van der Waals surface area contributed by atoms with E-state index < -0.39 is 11.2 Å². The SMILES string of the molecule is C1CCNCC1.CC(C)(C)OC(=O)N1CCCC(C(O)CN2CCCCC2)C1.CC(C)(C)OC(=O)N1CCCC(C2CO2)C1. The Labute approximate surface area is 267 Å². The Hall–Kier alpha value is -1.62. The number of piperidine rings is 4. The maximum atomic E-state index is 12.2. The Morgan fingerprint density at radius 3 is 1.77 bits per heavy atom. The third-order valence-corrected chi connectivity index (χ3v) is 8.75. The predicted octanol–water partition coefficient (Wildman–Crippen LogP) is 5.27. The van der Waals surface area contributed by atoms with Gasteiger partial charge in [0.2, 0.25) is 0 Å². The van der Waals surface area contributed by atoms with Gasteiger partial charge in [-0.1, -0.05) is 12.8 Å². The summed E-state index contributed by atoms with van der Waals surface area (Å²) in [5, 5.41) is 13.8.